The molecule has 2 N–H and O–H groups in total. The highest BCUT2D eigenvalue weighted by atomic mass is 16.5. The van der Waals surface area contributed by atoms with Gasteiger partial charge in [0.15, 0.2) is 0 Å². The lowest BCUT2D eigenvalue weighted by molar-refractivity contribution is -0.123. The molecule has 0 bridgehead atoms. The van der Waals surface area contributed by atoms with E-state index in [1.54, 1.807) is 36.3 Å². The van der Waals surface area contributed by atoms with E-state index in [2.05, 4.69) is 0 Å². The average molecular weight is 262 g/mol. The van der Waals surface area contributed by atoms with Crippen molar-refractivity contribution in [2.24, 2.45) is 11.7 Å². The summed E-state index contributed by atoms with van der Waals surface area (Å²) in [7, 11) is 1.57. The van der Waals surface area contributed by atoms with Crippen molar-refractivity contribution in [2.75, 3.05) is 20.2 Å². The van der Waals surface area contributed by atoms with Crippen molar-refractivity contribution in [3.8, 4) is 5.75 Å². The van der Waals surface area contributed by atoms with Gasteiger partial charge in [-0.25, -0.2) is 0 Å². The number of amides is 2. The SMILES string of the molecule is COc1cccc(C(=O)N2CCC(C(N)=O)CC2)c1. The van der Waals surface area contributed by atoms with Crippen LogP contribution in [0.25, 0.3) is 0 Å². The second kappa shape index (κ2) is 5.73. The summed E-state index contributed by atoms with van der Waals surface area (Å²) < 4.78 is 5.11. The first-order valence-electron chi connectivity index (χ1n) is 6.34. The van der Waals surface area contributed by atoms with Crippen molar-refractivity contribution in [3.63, 3.8) is 0 Å². The van der Waals surface area contributed by atoms with Crippen LogP contribution in [0.4, 0.5) is 0 Å². The van der Waals surface area contributed by atoms with Gasteiger partial charge in [-0.05, 0) is 31.0 Å². The van der Waals surface area contributed by atoms with Gasteiger partial charge < -0.3 is 15.4 Å². The molecule has 1 aliphatic rings. The van der Waals surface area contributed by atoms with Crippen LogP contribution in [0.1, 0.15) is 23.2 Å². The minimum Gasteiger partial charge on any atom is -0.497 e. The fourth-order valence-corrected chi connectivity index (χ4v) is 2.31. The number of nitrogens with zero attached hydrogens (tertiary/aromatic N) is 1. The lowest BCUT2D eigenvalue weighted by atomic mass is 9.96. The Morgan fingerprint density at radius 3 is 2.58 bits per heavy atom. The Bertz CT molecular complexity index is 479. The number of rotatable bonds is 3. The molecule has 0 aromatic heterocycles. The van der Waals surface area contributed by atoms with Gasteiger partial charge in [-0.1, -0.05) is 6.07 Å². The molecular formula is C14H18N2O3. The Morgan fingerprint density at radius 1 is 1.32 bits per heavy atom. The third-order valence-electron chi connectivity index (χ3n) is 3.50. The van der Waals surface area contributed by atoms with E-state index < -0.39 is 0 Å². The number of methoxy groups -OCH3 is 1. The highest BCUT2D eigenvalue weighted by Gasteiger charge is 2.26. The highest BCUT2D eigenvalue weighted by Crippen LogP contribution is 2.20. The molecule has 1 saturated heterocycles. The summed E-state index contributed by atoms with van der Waals surface area (Å²) in [6, 6.07) is 7.09. The Labute approximate surface area is 112 Å². The maximum atomic E-state index is 12.3. The normalized spacial score (nSPS) is 16.2. The second-order valence-corrected chi connectivity index (χ2v) is 4.70. The molecule has 102 valence electrons. The van der Waals surface area contributed by atoms with Crippen LogP contribution in [-0.2, 0) is 4.79 Å². The van der Waals surface area contributed by atoms with Gasteiger partial charge in [0.2, 0.25) is 5.91 Å². The van der Waals surface area contributed by atoms with Gasteiger partial charge in [-0.2, -0.15) is 0 Å². The smallest absolute Gasteiger partial charge is 0.253 e. The Hall–Kier alpha value is -2.04. The minimum atomic E-state index is -0.270. The van der Waals surface area contributed by atoms with Crippen molar-refractivity contribution in [2.45, 2.75) is 12.8 Å². The standard InChI is InChI=1S/C14H18N2O3/c1-19-12-4-2-3-11(9-12)14(18)16-7-5-10(6-8-16)13(15)17/h2-4,9-10H,5-8H2,1H3,(H2,15,17). The van der Waals surface area contributed by atoms with Crippen molar-refractivity contribution >= 4 is 11.8 Å². The summed E-state index contributed by atoms with van der Waals surface area (Å²) in [5.74, 6) is 0.266. The van der Waals surface area contributed by atoms with Gasteiger partial charge in [-0.15, -0.1) is 0 Å². The molecule has 5 heteroatoms. The fraction of sp³-hybridized carbons (Fsp3) is 0.429. The number of benzene rings is 1. The fourth-order valence-electron chi connectivity index (χ4n) is 2.31. The van der Waals surface area contributed by atoms with E-state index in [4.69, 9.17) is 10.5 Å². The second-order valence-electron chi connectivity index (χ2n) is 4.70. The van der Waals surface area contributed by atoms with E-state index in [9.17, 15) is 9.59 Å². The van der Waals surface area contributed by atoms with Gasteiger partial charge in [0, 0.05) is 24.6 Å². The molecule has 0 saturated carbocycles. The van der Waals surface area contributed by atoms with Crippen LogP contribution < -0.4 is 10.5 Å². The molecule has 0 spiro atoms. The summed E-state index contributed by atoms with van der Waals surface area (Å²) in [4.78, 5) is 25.1. The Balaban J connectivity index is 2.02. The molecule has 5 nitrogen and oxygen atoms in total. The topological polar surface area (TPSA) is 72.6 Å². The van der Waals surface area contributed by atoms with Crippen LogP contribution in [-0.4, -0.2) is 36.9 Å². The number of hydrogen-bond acceptors (Lipinski definition) is 3. The molecule has 0 aliphatic carbocycles. The van der Waals surface area contributed by atoms with Crippen LogP contribution in [0.2, 0.25) is 0 Å². The molecule has 0 radical (unpaired) electrons. The molecule has 2 rings (SSSR count). The summed E-state index contributed by atoms with van der Waals surface area (Å²) in [5, 5.41) is 0. The first-order valence-corrected chi connectivity index (χ1v) is 6.34. The number of likely N-dealkylation sites (tertiary alicyclic amines) is 1. The molecule has 0 unspecified atom stereocenters. The summed E-state index contributed by atoms with van der Waals surface area (Å²) >= 11 is 0. The monoisotopic (exact) mass is 262 g/mol. The first kappa shape index (κ1) is 13.4. The lowest BCUT2D eigenvalue weighted by Gasteiger charge is -2.30. The van der Waals surface area contributed by atoms with Crippen LogP contribution in [0.15, 0.2) is 24.3 Å². The average Bonchev–Trinajstić information content (AvgIpc) is 2.46. The molecular weight excluding hydrogens is 244 g/mol. The van der Waals surface area contributed by atoms with Crippen molar-refractivity contribution < 1.29 is 14.3 Å². The number of carbonyl (C=O) groups is 2. The first-order chi connectivity index (χ1) is 9.11. The zero-order valence-electron chi connectivity index (χ0n) is 11.0. The van der Waals surface area contributed by atoms with Crippen molar-refractivity contribution in [1.82, 2.24) is 4.90 Å². The molecule has 0 atom stereocenters. The van der Waals surface area contributed by atoms with Gasteiger partial charge in [0.25, 0.3) is 5.91 Å². The van der Waals surface area contributed by atoms with Crippen LogP contribution >= 0.6 is 0 Å². The zero-order valence-corrected chi connectivity index (χ0v) is 11.0. The zero-order chi connectivity index (χ0) is 13.8. The Morgan fingerprint density at radius 2 is 2.00 bits per heavy atom. The van der Waals surface area contributed by atoms with Crippen molar-refractivity contribution in [3.05, 3.63) is 29.8 Å². The molecule has 1 aromatic carbocycles. The quantitative estimate of drug-likeness (QED) is 0.884. The molecule has 1 aliphatic heterocycles. The van der Waals surface area contributed by atoms with Gasteiger partial charge >= 0.3 is 0 Å². The molecule has 19 heavy (non-hydrogen) atoms. The van der Waals surface area contributed by atoms with Crippen LogP contribution in [0.3, 0.4) is 0 Å². The molecule has 1 fully saturated rings. The van der Waals surface area contributed by atoms with E-state index in [1.807, 2.05) is 0 Å². The van der Waals surface area contributed by atoms with Gasteiger partial charge in [0.1, 0.15) is 5.75 Å². The lowest BCUT2D eigenvalue weighted by Crippen LogP contribution is -2.41. The third kappa shape index (κ3) is 3.05. The molecule has 1 heterocycles. The summed E-state index contributed by atoms with van der Waals surface area (Å²) in [6.45, 7) is 1.15. The highest BCUT2D eigenvalue weighted by molar-refractivity contribution is 5.94. The van der Waals surface area contributed by atoms with E-state index in [1.165, 1.54) is 0 Å². The number of primary amides is 1. The van der Waals surface area contributed by atoms with Crippen LogP contribution in [0, 0.1) is 5.92 Å². The van der Waals surface area contributed by atoms with E-state index in [0.717, 1.165) is 0 Å². The largest absolute Gasteiger partial charge is 0.497 e. The molecule has 2 amide bonds. The van der Waals surface area contributed by atoms with E-state index in [-0.39, 0.29) is 17.7 Å². The molecule has 1 aromatic rings. The van der Waals surface area contributed by atoms with Crippen molar-refractivity contribution in [1.29, 1.82) is 0 Å². The summed E-state index contributed by atoms with van der Waals surface area (Å²) in [5.41, 5.74) is 5.89. The maximum Gasteiger partial charge on any atom is 0.253 e. The number of nitrogens with two attached hydrogens (primary N) is 1. The number of ether oxygens (including phenoxy) is 1. The predicted octanol–water partition coefficient (Wildman–Crippen LogP) is 1.03. The van der Waals surface area contributed by atoms with Gasteiger partial charge in [0.05, 0.1) is 7.11 Å². The van der Waals surface area contributed by atoms with E-state index in [0.29, 0.717) is 37.2 Å². The van der Waals surface area contributed by atoms with E-state index >= 15 is 0 Å². The summed E-state index contributed by atoms with van der Waals surface area (Å²) in [6.07, 6.45) is 1.29. The minimum absolute atomic E-state index is 0.0261. The van der Waals surface area contributed by atoms with Crippen LogP contribution in [0.5, 0.6) is 5.75 Å². The van der Waals surface area contributed by atoms with Gasteiger partial charge in [-0.3, -0.25) is 9.59 Å². The maximum absolute atomic E-state index is 12.3. The number of piperidine rings is 1. The predicted molar refractivity (Wildman–Crippen MR) is 70.8 cm³/mol. The number of carbonyl (C=O) groups excluding carboxylic acids is 2. The third-order valence-corrected chi connectivity index (χ3v) is 3.50. The number of hydrogen-bond donors (Lipinski definition) is 1. The Kier molecular flexibility index (Phi) is 4.04.